The fraction of sp³-hybridized carbons (Fsp3) is 0.321. The molecule has 0 unspecified atom stereocenters. The van der Waals surface area contributed by atoms with E-state index in [1.165, 1.54) is 9.87 Å². The van der Waals surface area contributed by atoms with Crippen LogP contribution in [0.4, 0.5) is 5.69 Å². The Labute approximate surface area is 203 Å². The van der Waals surface area contributed by atoms with Crippen molar-refractivity contribution in [3.8, 4) is 0 Å². The van der Waals surface area contributed by atoms with Crippen molar-refractivity contribution in [1.29, 1.82) is 0 Å². The Balaban J connectivity index is 1.86. The molecule has 1 amide bonds. The monoisotopic (exact) mass is 478 g/mol. The fourth-order valence-electron chi connectivity index (χ4n) is 3.75. The lowest BCUT2D eigenvalue weighted by atomic mass is 9.86. The van der Waals surface area contributed by atoms with E-state index in [2.05, 4.69) is 38.2 Å². The highest BCUT2D eigenvalue weighted by molar-refractivity contribution is 7.92. The van der Waals surface area contributed by atoms with Crippen molar-refractivity contribution < 1.29 is 13.2 Å². The second-order valence-electron chi connectivity index (χ2n) is 9.77. The molecule has 0 saturated heterocycles. The number of rotatable bonds is 7. The zero-order chi connectivity index (χ0) is 25.1. The Morgan fingerprint density at radius 3 is 2.06 bits per heavy atom. The average Bonchev–Trinajstić information content (AvgIpc) is 2.78. The molecule has 0 heterocycles. The van der Waals surface area contributed by atoms with Crippen LogP contribution < -0.4 is 9.62 Å². The summed E-state index contributed by atoms with van der Waals surface area (Å²) in [6, 6.07) is 21.7. The first-order valence-electron chi connectivity index (χ1n) is 11.4. The van der Waals surface area contributed by atoms with Gasteiger partial charge in [0, 0.05) is 0 Å². The minimum absolute atomic E-state index is 0.0450. The number of para-hydroxylation sites is 1. The molecule has 0 aromatic heterocycles. The van der Waals surface area contributed by atoms with Gasteiger partial charge in [0.05, 0.1) is 16.6 Å². The summed E-state index contributed by atoms with van der Waals surface area (Å²) < 4.78 is 28.3. The molecule has 5 nitrogen and oxygen atoms in total. The SMILES string of the molecule is Cc1ccc(S(=O)(=O)N(CC(=O)N[C@H](C)c2ccc(C(C)(C)C)cc2)c2ccccc2C)cc1. The number of nitrogens with one attached hydrogen (secondary N) is 1. The first kappa shape index (κ1) is 25.5. The zero-order valence-corrected chi connectivity index (χ0v) is 21.6. The minimum atomic E-state index is -3.94. The number of carbonyl (C=O) groups is 1. The van der Waals surface area contributed by atoms with Gasteiger partial charge >= 0.3 is 0 Å². The minimum Gasteiger partial charge on any atom is -0.348 e. The van der Waals surface area contributed by atoms with Crippen molar-refractivity contribution in [3.05, 3.63) is 95.1 Å². The topological polar surface area (TPSA) is 66.5 Å². The number of sulfonamides is 1. The predicted octanol–water partition coefficient (Wildman–Crippen LogP) is 5.67. The molecular weight excluding hydrogens is 444 g/mol. The molecule has 3 aromatic rings. The quantitative estimate of drug-likeness (QED) is 0.475. The van der Waals surface area contributed by atoms with E-state index >= 15 is 0 Å². The fourth-order valence-corrected chi connectivity index (χ4v) is 5.24. The van der Waals surface area contributed by atoms with Crippen LogP contribution in [-0.2, 0) is 20.2 Å². The van der Waals surface area contributed by atoms with Crippen molar-refractivity contribution in [2.45, 2.75) is 57.9 Å². The van der Waals surface area contributed by atoms with Crippen LogP contribution in [0.15, 0.2) is 77.7 Å². The number of amides is 1. The summed E-state index contributed by atoms with van der Waals surface area (Å²) in [5.74, 6) is -0.369. The number of hydrogen-bond donors (Lipinski definition) is 1. The summed E-state index contributed by atoms with van der Waals surface area (Å²) in [5.41, 5.74) is 4.45. The Morgan fingerprint density at radius 1 is 0.912 bits per heavy atom. The van der Waals surface area contributed by atoms with Crippen LogP contribution >= 0.6 is 0 Å². The van der Waals surface area contributed by atoms with Gasteiger partial charge in [-0.3, -0.25) is 9.10 Å². The number of aryl methyl sites for hydroxylation is 2. The van der Waals surface area contributed by atoms with Gasteiger partial charge in [-0.05, 0) is 61.1 Å². The summed E-state index contributed by atoms with van der Waals surface area (Å²) in [6.45, 7) is 11.8. The summed E-state index contributed by atoms with van der Waals surface area (Å²) in [4.78, 5) is 13.2. The zero-order valence-electron chi connectivity index (χ0n) is 20.8. The van der Waals surface area contributed by atoms with Gasteiger partial charge in [-0.1, -0.05) is 80.9 Å². The van der Waals surface area contributed by atoms with E-state index in [1.54, 1.807) is 36.4 Å². The van der Waals surface area contributed by atoms with Crippen LogP contribution in [0.1, 0.15) is 56.0 Å². The van der Waals surface area contributed by atoms with Gasteiger partial charge in [-0.25, -0.2) is 8.42 Å². The van der Waals surface area contributed by atoms with Crippen molar-refractivity contribution in [2.75, 3.05) is 10.8 Å². The molecule has 0 radical (unpaired) electrons. The largest absolute Gasteiger partial charge is 0.348 e. The molecule has 0 aliphatic heterocycles. The normalized spacial score (nSPS) is 12.8. The van der Waals surface area contributed by atoms with Gasteiger partial charge in [0.15, 0.2) is 0 Å². The Hall–Kier alpha value is -3.12. The van der Waals surface area contributed by atoms with E-state index in [1.807, 2.05) is 45.0 Å². The smallest absolute Gasteiger partial charge is 0.264 e. The molecule has 3 aromatic carbocycles. The highest BCUT2D eigenvalue weighted by Gasteiger charge is 2.28. The van der Waals surface area contributed by atoms with E-state index < -0.39 is 10.0 Å². The lowest BCUT2D eigenvalue weighted by Crippen LogP contribution is -2.41. The maximum absolute atomic E-state index is 13.6. The molecule has 0 fully saturated rings. The summed E-state index contributed by atoms with van der Waals surface area (Å²) in [5, 5.41) is 2.96. The van der Waals surface area contributed by atoms with Crippen LogP contribution in [0, 0.1) is 13.8 Å². The van der Waals surface area contributed by atoms with Gasteiger partial charge in [-0.15, -0.1) is 0 Å². The predicted molar refractivity (Wildman–Crippen MR) is 139 cm³/mol. The first-order chi connectivity index (χ1) is 15.9. The number of nitrogens with zero attached hydrogens (tertiary/aromatic N) is 1. The van der Waals surface area contributed by atoms with Crippen LogP contribution in [0.2, 0.25) is 0 Å². The Bertz CT molecular complexity index is 1240. The second-order valence-corrected chi connectivity index (χ2v) is 11.6. The van der Waals surface area contributed by atoms with Crippen molar-refractivity contribution in [3.63, 3.8) is 0 Å². The molecular formula is C28H34N2O3S. The van der Waals surface area contributed by atoms with Crippen LogP contribution in [-0.4, -0.2) is 20.9 Å². The van der Waals surface area contributed by atoms with Gasteiger partial charge < -0.3 is 5.32 Å². The molecule has 34 heavy (non-hydrogen) atoms. The molecule has 1 N–H and O–H groups in total. The van der Waals surface area contributed by atoms with E-state index in [9.17, 15) is 13.2 Å². The van der Waals surface area contributed by atoms with Crippen molar-refractivity contribution >= 4 is 21.6 Å². The molecule has 0 aliphatic rings. The lowest BCUT2D eigenvalue weighted by molar-refractivity contribution is -0.120. The molecule has 3 rings (SSSR count). The van der Waals surface area contributed by atoms with E-state index in [0.29, 0.717) is 5.69 Å². The molecule has 0 aliphatic carbocycles. The van der Waals surface area contributed by atoms with Gasteiger partial charge in [-0.2, -0.15) is 0 Å². The maximum atomic E-state index is 13.6. The first-order valence-corrected chi connectivity index (χ1v) is 12.9. The highest BCUT2D eigenvalue weighted by atomic mass is 32.2. The van der Waals surface area contributed by atoms with Crippen molar-refractivity contribution in [2.24, 2.45) is 0 Å². The Morgan fingerprint density at radius 2 is 1.50 bits per heavy atom. The molecule has 6 heteroatoms. The van der Waals surface area contributed by atoms with Gasteiger partial charge in [0.25, 0.3) is 10.0 Å². The second kappa shape index (κ2) is 10.0. The third-order valence-electron chi connectivity index (χ3n) is 5.93. The number of carbonyl (C=O) groups excluding carboxylic acids is 1. The molecule has 0 saturated carbocycles. The van der Waals surface area contributed by atoms with Crippen LogP contribution in [0.3, 0.4) is 0 Å². The third kappa shape index (κ3) is 5.86. The van der Waals surface area contributed by atoms with Crippen LogP contribution in [0.5, 0.6) is 0 Å². The standard InChI is InChI=1S/C28H34N2O3S/c1-20-11-17-25(18-12-20)34(32,33)30(26-10-8-7-9-21(26)2)19-27(31)29-22(3)23-13-15-24(16-14-23)28(4,5)6/h7-18,22H,19H2,1-6H3,(H,29,31)/t22-/m1/s1. The van der Waals surface area contributed by atoms with E-state index in [4.69, 9.17) is 0 Å². The highest BCUT2D eigenvalue weighted by Crippen LogP contribution is 2.27. The van der Waals surface area contributed by atoms with Gasteiger partial charge in [0.2, 0.25) is 5.91 Å². The average molecular weight is 479 g/mol. The molecule has 0 bridgehead atoms. The van der Waals surface area contributed by atoms with Crippen molar-refractivity contribution in [1.82, 2.24) is 5.32 Å². The summed E-state index contributed by atoms with van der Waals surface area (Å²) >= 11 is 0. The summed E-state index contributed by atoms with van der Waals surface area (Å²) in [6.07, 6.45) is 0. The number of benzene rings is 3. The Kier molecular flexibility index (Phi) is 7.51. The number of anilines is 1. The van der Waals surface area contributed by atoms with Crippen LogP contribution in [0.25, 0.3) is 0 Å². The lowest BCUT2D eigenvalue weighted by Gasteiger charge is -2.26. The molecule has 180 valence electrons. The van der Waals surface area contributed by atoms with Gasteiger partial charge in [0.1, 0.15) is 6.54 Å². The molecule has 0 spiro atoms. The van der Waals surface area contributed by atoms with E-state index in [-0.39, 0.29) is 28.8 Å². The maximum Gasteiger partial charge on any atom is 0.264 e. The number of hydrogen-bond acceptors (Lipinski definition) is 3. The summed E-state index contributed by atoms with van der Waals surface area (Å²) in [7, 11) is -3.94. The molecule has 1 atom stereocenters. The van der Waals surface area contributed by atoms with E-state index in [0.717, 1.165) is 16.7 Å². The third-order valence-corrected chi connectivity index (χ3v) is 7.71.